The maximum Gasteiger partial charge on any atom is 0.293 e. The Bertz CT molecular complexity index is 1170. The maximum absolute atomic E-state index is 13.1. The number of fused-ring (bicyclic) bond motifs is 2. The van der Waals surface area contributed by atoms with E-state index in [1.165, 1.54) is 0 Å². The molecule has 2 aliphatic heterocycles. The number of nitrogens with zero attached hydrogens (tertiary/aromatic N) is 4. The fourth-order valence-corrected chi connectivity index (χ4v) is 4.70. The number of rotatable bonds is 4. The second-order valence-corrected chi connectivity index (χ2v) is 8.48. The van der Waals surface area contributed by atoms with Gasteiger partial charge in [0.05, 0.1) is 7.11 Å². The van der Waals surface area contributed by atoms with E-state index in [4.69, 9.17) is 4.74 Å². The van der Waals surface area contributed by atoms with Gasteiger partial charge in [0, 0.05) is 37.3 Å². The van der Waals surface area contributed by atoms with Crippen LogP contribution < -0.4 is 10.1 Å². The smallest absolute Gasteiger partial charge is 0.293 e. The number of carbonyl (C=O) groups excluding carboxylic acids is 2. The molecule has 1 fully saturated rings. The summed E-state index contributed by atoms with van der Waals surface area (Å²) in [6.07, 6.45) is 0.713. The molecule has 164 valence electrons. The molecule has 0 unspecified atom stereocenters. The largest absolute Gasteiger partial charge is 0.497 e. The Kier molecular flexibility index (Phi) is 5.13. The number of hydrogen-bond donors (Lipinski definition) is 1. The van der Waals surface area contributed by atoms with Crippen LogP contribution in [0.15, 0.2) is 48.5 Å². The molecule has 5 rings (SSSR count). The van der Waals surface area contributed by atoms with Crippen molar-refractivity contribution < 1.29 is 14.3 Å². The zero-order valence-electron chi connectivity index (χ0n) is 18.1. The van der Waals surface area contributed by atoms with Crippen molar-refractivity contribution in [1.82, 2.24) is 19.7 Å². The second-order valence-electron chi connectivity index (χ2n) is 8.48. The summed E-state index contributed by atoms with van der Waals surface area (Å²) in [5, 5.41) is 11.3. The summed E-state index contributed by atoms with van der Waals surface area (Å²) in [4.78, 5) is 27.9. The zero-order chi connectivity index (χ0) is 22.2. The molecular weight excluding hydrogens is 406 g/mol. The molecule has 0 aliphatic carbocycles. The molecule has 0 saturated carbocycles. The third-order valence-corrected chi connectivity index (χ3v) is 6.48. The highest BCUT2D eigenvalue weighted by molar-refractivity contribution is 6.01. The topological polar surface area (TPSA) is 89.3 Å². The predicted octanol–water partition coefficient (Wildman–Crippen LogP) is 2.79. The van der Waals surface area contributed by atoms with E-state index in [1.54, 1.807) is 31.4 Å². The van der Waals surface area contributed by atoms with Gasteiger partial charge in [-0.3, -0.25) is 9.59 Å². The van der Waals surface area contributed by atoms with E-state index < -0.39 is 0 Å². The molecule has 1 aromatic heterocycles. The van der Waals surface area contributed by atoms with Crippen molar-refractivity contribution in [2.75, 3.05) is 25.5 Å². The number of amides is 2. The highest BCUT2D eigenvalue weighted by Crippen LogP contribution is 2.33. The van der Waals surface area contributed by atoms with Crippen LogP contribution in [0.2, 0.25) is 0 Å². The summed E-state index contributed by atoms with van der Waals surface area (Å²) < 4.78 is 7.06. The van der Waals surface area contributed by atoms with Crippen molar-refractivity contribution in [3.63, 3.8) is 0 Å². The lowest BCUT2D eigenvalue weighted by molar-refractivity contribution is 0.0782. The maximum atomic E-state index is 13.1. The van der Waals surface area contributed by atoms with Crippen molar-refractivity contribution in [1.29, 1.82) is 0 Å². The number of ether oxygens (including phenoxy) is 1. The fourth-order valence-electron chi connectivity index (χ4n) is 4.70. The number of carbonyl (C=O) groups is 2. The van der Waals surface area contributed by atoms with E-state index >= 15 is 0 Å². The monoisotopic (exact) mass is 431 g/mol. The minimum absolute atomic E-state index is 0.0748. The van der Waals surface area contributed by atoms with Crippen molar-refractivity contribution >= 4 is 17.5 Å². The molecule has 1 saturated heterocycles. The molecule has 8 heteroatoms. The van der Waals surface area contributed by atoms with Gasteiger partial charge in [0.15, 0.2) is 0 Å². The molecule has 2 amide bonds. The quantitative estimate of drug-likeness (QED) is 0.686. The summed E-state index contributed by atoms with van der Waals surface area (Å²) in [5.41, 5.74) is 2.41. The SMILES string of the molecule is COc1ccc(NC(=O)c2nnc3n2C[C@@H]2CN(C(=O)c4ccccc4C)C[C@@H]2C3)cc1. The van der Waals surface area contributed by atoms with Gasteiger partial charge in [-0.25, -0.2) is 0 Å². The van der Waals surface area contributed by atoms with Gasteiger partial charge in [-0.1, -0.05) is 18.2 Å². The molecule has 8 nitrogen and oxygen atoms in total. The normalized spacial score (nSPS) is 19.2. The Morgan fingerprint density at radius 3 is 2.50 bits per heavy atom. The van der Waals surface area contributed by atoms with Crippen LogP contribution in [0.5, 0.6) is 5.75 Å². The van der Waals surface area contributed by atoms with Crippen molar-refractivity contribution in [3.05, 3.63) is 71.3 Å². The van der Waals surface area contributed by atoms with Crippen LogP contribution >= 0.6 is 0 Å². The van der Waals surface area contributed by atoms with Crippen LogP contribution in [0.3, 0.4) is 0 Å². The molecule has 3 heterocycles. The average Bonchev–Trinajstić information content (AvgIpc) is 3.41. The van der Waals surface area contributed by atoms with Gasteiger partial charge in [0.1, 0.15) is 11.6 Å². The van der Waals surface area contributed by atoms with Crippen LogP contribution in [-0.2, 0) is 13.0 Å². The predicted molar refractivity (Wildman–Crippen MR) is 119 cm³/mol. The first-order valence-electron chi connectivity index (χ1n) is 10.8. The minimum Gasteiger partial charge on any atom is -0.497 e. The minimum atomic E-state index is -0.293. The molecule has 1 N–H and O–H groups in total. The standard InChI is InChI=1S/C24H25N5O3/c1-15-5-3-4-6-20(15)24(31)28-12-16-11-21-26-27-22(29(21)14-17(16)13-28)23(30)25-18-7-9-19(32-2)10-8-18/h3-10,16-17H,11-14H2,1-2H3,(H,25,30)/t16-,17-/m0/s1. The van der Waals surface area contributed by atoms with Gasteiger partial charge in [0.25, 0.3) is 11.8 Å². The number of methoxy groups -OCH3 is 1. The third-order valence-electron chi connectivity index (χ3n) is 6.48. The van der Waals surface area contributed by atoms with E-state index in [-0.39, 0.29) is 17.7 Å². The van der Waals surface area contributed by atoms with E-state index in [0.29, 0.717) is 43.5 Å². The van der Waals surface area contributed by atoms with Gasteiger partial charge in [-0.15, -0.1) is 10.2 Å². The molecule has 32 heavy (non-hydrogen) atoms. The summed E-state index contributed by atoms with van der Waals surface area (Å²) >= 11 is 0. The van der Waals surface area contributed by atoms with Gasteiger partial charge < -0.3 is 19.5 Å². The first-order chi connectivity index (χ1) is 15.5. The molecule has 3 aromatic rings. The van der Waals surface area contributed by atoms with Crippen molar-refractivity contribution in [2.45, 2.75) is 19.9 Å². The summed E-state index contributed by atoms with van der Waals surface area (Å²) in [7, 11) is 1.60. The third kappa shape index (κ3) is 3.62. The van der Waals surface area contributed by atoms with Crippen LogP contribution in [0, 0.1) is 18.8 Å². The second kappa shape index (κ2) is 8.11. The van der Waals surface area contributed by atoms with Crippen LogP contribution in [0.1, 0.15) is 32.4 Å². The Morgan fingerprint density at radius 2 is 1.75 bits per heavy atom. The molecule has 2 atom stereocenters. The Morgan fingerprint density at radius 1 is 1.00 bits per heavy atom. The first kappa shape index (κ1) is 20.2. The summed E-state index contributed by atoms with van der Waals surface area (Å²) in [6, 6.07) is 14.8. The van der Waals surface area contributed by atoms with Crippen LogP contribution in [0.4, 0.5) is 5.69 Å². The molecule has 2 aromatic carbocycles. The number of hydrogen-bond acceptors (Lipinski definition) is 5. The van der Waals surface area contributed by atoms with Crippen LogP contribution in [-0.4, -0.2) is 51.7 Å². The van der Waals surface area contributed by atoms with E-state index in [0.717, 1.165) is 22.7 Å². The lowest BCUT2D eigenvalue weighted by atomic mass is 9.89. The zero-order valence-corrected chi connectivity index (χ0v) is 18.1. The lowest BCUT2D eigenvalue weighted by Crippen LogP contribution is -2.31. The van der Waals surface area contributed by atoms with Crippen molar-refractivity contribution in [3.8, 4) is 5.75 Å². The lowest BCUT2D eigenvalue weighted by Gasteiger charge is -2.25. The van der Waals surface area contributed by atoms with Crippen molar-refractivity contribution in [2.24, 2.45) is 11.8 Å². The molecule has 0 bridgehead atoms. The average molecular weight is 431 g/mol. The molecule has 2 aliphatic rings. The van der Waals surface area contributed by atoms with Gasteiger partial charge in [-0.2, -0.15) is 0 Å². The number of aryl methyl sites for hydroxylation is 1. The Hall–Kier alpha value is -3.68. The number of likely N-dealkylation sites (tertiary alicyclic amines) is 1. The number of anilines is 1. The summed E-state index contributed by atoms with van der Waals surface area (Å²) in [6.45, 7) is 3.98. The number of benzene rings is 2. The Labute approximate surface area is 186 Å². The van der Waals surface area contributed by atoms with Gasteiger partial charge >= 0.3 is 0 Å². The van der Waals surface area contributed by atoms with Gasteiger partial charge in [0.2, 0.25) is 5.82 Å². The Balaban J connectivity index is 1.29. The molecule has 0 spiro atoms. The number of nitrogens with one attached hydrogen (secondary N) is 1. The van der Waals surface area contributed by atoms with Gasteiger partial charge in [-0.05, 0) is 54.7 Å². The first-order valence-corrected chi connectivity index (χ1v) is 10.8. The molecular formula is C24H25N5O3. The highest BCUT2D eigenvalue weighted by atomic mass is 16.5. The summed E-state index contributed by atoms with van der Waals surface area (Å²) in [5.74, 6) is 2.22. The van der Waals surface area contributed by atoms with E-state index in [1.807, 2.05) is 40.7 Å². The van der Waals surface area contributed by atoms with E-state index in [9.17, 15) is 9.59 Å². The van der Waals surface area contributed by atoms with E-state index in [2.05, 4.69) is 15.5 Å². The van der Waals surface area contributed by atoms with Crippen LogP contribution in [0.25, 0.3) is 0 Å². The molecule has 0 radical (unpaired) electrons. The fraction of sp³-hybridized carbons (Fsp3) is 0.333. The number of aromatic nitrogens is 3. The highest BCUT2D eigenvalue weighted by Gasteiger charge is 2.41.